The molecule has 27 heavy (non-hydrogen) atoms. The standard InChI is InChI=1S/C24H25NO2/c1-17(2)24(3,22-13-9-19(10-14-22)23(26)27-4)21-11-7-18(8-12-21)20-6-5-15-25-16-20/h5-17H,1-4H3. The maximum absolute atomic E-state index is 11.7. The predicted molar refractivity (Wildman–Crippen MR) is 109 cm³/mol. The number of benzene rings is 2. The number of pyridine rings is 1. The molecule has 138 valence electrons. The summed E-state index contributed by atoms with van der Waals surface area (Å²) in [5.41, 5.74) is 5.09. The fourth-order valence-corrected chi connectivity index (χ4v) is 3.45. The summed E-state index contributed by atoms with van der Waals surface area (Å²) >= 11 is 0. The van der Waals surface area contributed by atoms with Gasteiger partial charge in [-0.3, -0.25) is 4.98 Å². The molecule has 0 bridgehead atoms. The van der Waals surface area contributed by atoms with Crippen LogP contribution < -0.4 is 0 Å². The van der Waals surface area contributed by atoms with E-state index in [-0.39, 0.29) is 11.4 Å². The van der Waals surface area contributed by atoms with E-state index in [4.69, 9.17) is 4.74 Å². The lowest BCUT2D eigenvalue weighted by Crippen LogP contribution is -2.30. The summed E-state index contributed by atoms with van der Waals surface area (Å²) in [5.74, 6) is 0.0688. The first kappa shape index (κ1) is 18.8. The van der Waals surface area contributed by atoms with Crippen molar-refractivity contribution in [1.29, 1.82) is 0 Å². The minimum absolute atomic E-state index is 0.165. The van der Waals surface area contributed by atoms with Crippen molar-refractivity contribution in [1.82, 2.24) is 4.98 Å². The Labute approximate surface area is 161 Å². The van der Waals surface area contributed by atoms with Crippen LogP contribution in [0.25, 0.3) is 11.1 Å². The van der Waals surface area contributed by atoms with Crippen LogP contribution in [0.4, 0.5) is 0 Å². The Morgan fingerprint density at radius 2 is 1.52 bits per heavy atom. The summed E-state index contributed by atoms with van der Waals surface area (Å²) in [7, 11) is 1.40. The number of carbonyl (C=O) groups excluding carboxylic acids is 1. The van der Waals surface area contributed by atoms with Crippen LogP contribution in [0.15, 0.2) is 73.1 Å². The summed E-state index contributed by atoms with van der Waals surface area (Å²) < 4.78 is 4.81. The molecular weight excluding hydrogens is 334 g/mol. The minimum Gasteiger partial charge on any atom is -0.465 e. The fraction of sp³-hybridized carbons (Fsp3) is 0.250. The first-order chi connectivity index (χ1) is 13.0. The number of hydrogen-bond acceptors (Lipinski definition) is 3. The van der Waals surface area contributed by atoms with Gasteiger partial charge in [-0.15, -0.1) is 0 Å². The Hall–Kier alpha value is -2.94. The van der Waals surface area contributed by atoms with Crippen LogP contribution in [-0.4, -0.2) is 18.1 Å². The maximum atomic E-state index is 11.7. The number of aromatic nitrogens is 1. The van der Waals surface area contributed by atoms with Crippen LogP contribution in [0.3, 0.4) is 0 Å². The summed E-state index contributed by atoms with van der Waals surface area (Å²) in [5, 5.41) is 0. The molecule has 0 aliphatic heterocycles. The average Bonchev–Trinajstić information content (AvgIpc) is 2.73. The van der Waals surface area contributed by atoms with Crippen LogP contribution in [0, 0.1) is 5.92 Å². The van der Waals surface area contributed by atoms with Crippen LogP contribution >= 0.6 is 0 Å². The summed E-state index contributed by atoms with van der Waals surface area (Å²) in [6.07, 6.45) is 3.66. The van der Waals surface area contributed by atoms with E-state index in [1.807, 2.05) is 36.5 Å². The number of methoxy groups -OCH3 is 1. The highest BCUT2D eigenvalue weighted by Gasteiger charge is 2.32. The SMILES string of the molecule is COC(=O)c1ccc(C(C)(c2ccc(-c3cccnc3)cc2)C(C)C)cc1. The van der Waals surface area contributed by atoms with Gasteiger partial charge in [-0.05, 0) is 46.4 Å². The summed E-state index contributed by atoms with van der Waals surface area (Å²) in [4.78, 5) is 15.9. The van der Waals surface area contributed by atoms with Crippen LogP contribution in [-0.2, 0) is 10.2 Å². The van der Waals surface area contributed by atoms with Crippen LogP contribution in [0.5, 0.6) is 0 Å². The zero-order valence-corrected chi connectivity index (χ0v) is 16.3. The van der Waals surface area contributed by atoms with Gasteiger partial charge in [0.15, 0.2) is 0 Å². The van der Waals surface area contributed by atoms with Crippen molar-refractivity contribution in [3.05, 3.63) is 89.7 Å². The quantitative estimate of drug-likeness (QED) is 0.565. The van der Waals surface area contributed by atoms with E-state index >= 15 is 0 Å². The van der Waals surface area contributed by atoms with Gasteiger partial charge in [-0.25, -0.2) is 4.79 Å². The van der Waals surface area contributed by atoms with Crippen molar-refractivity contribution in [3.63, 3.8) is 0 Å². The third-order valence-electron chi connectivity index (χ3n) is 5.54. The molecule has 3 nitrogen and oxygen atoms in total. The molecular formula is C24H25NO2. The van der Waals surface area contributed by atoms with Gasteiger partial charge >= 0.3 is 5.97 Å². The molecule has 0 N–H and O–H groups in total. The van der Waals surface area contributed by atoms with Gasteiger partial charge in [-0.1, -0.05) is 63.2 Å². The highest BCUT2D eigenvalue weighted by atomic mass is 16.5. The first-order valence-electron chi connectivity index (χ1n) is 9.16. The van der Waals surface area contributed by atoms with Crippen molar-refractivity contribution in [2.75, 3.05) is 7.11 Å². The minimum atomic E-state index is -0.311. The molecule has 0 saturated heterocycles. The molecule has 2 aromatic carbocycles. The molecule has 0 aliphatic carbocycles. The average molecular weight is 359 g/mol. The van der Waals surface area contributed by atoms with Gasteiger partial charge in [0, 0.05) is 17.8 Å². The van der Waals surface area contributed by atoms with E-state index in [2.05, 4.69) is 56.1 Å². The number of carbonyl (C=O) groups is 1. The van der Waals surface area contributed by atoms with E-state index in [0.29, 0.717) is 11.5 Å². The third kappa shape index (κ3) is 3.63. The molecule has 1 atom stereocenters. The Balaban J connectivity index is 1.98. The Morgan fingerprint density at radius 3 is 2.00 bits per heavy atom. The largest absolute Gasteiger partial charge is 0.465 e. The normalized spacial score (nSPS) is 13.2. The molecule has 3 heteroatoms. The van der Waals surface area contributed by atoms with Crippen molar-refractivity contribution in [2.45, 2.75) is 26.2 Å². The number of nitrogens with zero attached hydrogens (tertiary/aromatic N) is 1. The molecule has 0 fully saturated rings. The van der Waals surface area contributed by atoms with E-state index in [1.54, 1.807) is 6.20 Å². The smallest absolute Gasteiger partial charge is 0.337 e. The van der Waals surface area contributed by atoms with E-state index in [9.17, 15) is 4.79 Å². The third-order valence-corrected chi connectivity index (χ3v) is 5.54. The molecule has 0 radical (unpaired) electrons. The molecule has 3 aromatic rings. The monoisotopic (exact) mass is 359 g/mol. The topological polar surface area (TPSA) is 39.2 Å². The predicted octanol–water partition coefficient (Wildman–Crippen LogP) is 5.50. The van der Waals surface area contributed by atoms with Gasteiger partial charge < -0.3 is 4.74 Å². The molecule has 0 spiro atoms. The highest BCUT2D eigenvalue weighted by molar-refractivity contribution is 5.89. The fourth-order valence-electron chi connectivity index (χ4n) is 3.45. The van der Waals surface area contributed by atoms with Crippen LogP contribution in [0.2, 0.25) is 0 Å². The Bertz CT molecular complexity index is 899. The van der Waals surface area contributed by atoms with E-state index in [0.717, 1.165) is 11.1 Å². The van der Waals surface area contributed by atoms with Gasteiger partial charge in [0.2, 0.25) is 0 Å². The maximum Gasteiger partial charge on any atom is 0.337 e. The lowest BCUT2D eigenvalue weighted by atomic mass is 9.68. The van der Waals surface area contributed by atoms with Crippen molar-refractivity contribution >= 4 is 5.97 Å². The second kappa shape index (κ2) is 7.75. The number of rotatable bonds is 5. The molecule has 1 unspecified atom stereocenters. The lowest BCUT2D eigenvalue weighted by molar-refractivity contribution is 0.0600. The molecule has 3 rings (SSSR count). The van der Waals surface area contributed by atoms with E-state index < -0.39 is 0 Å². The van der Waals surface area contributed by atoms with Crippen LogP contribution in [0.1, 0.15) is 42.3 Å². The lowest BCUT2D eigenvalue weighted by Gasteiger charge is -2.35. The molecule has 1 heterocycles. The molecule has 0 amide bonds. The van der Waals surface area contributed by atoms with Gasteiger partial charge in [-0.2, -0.15) is 0 Å². The Morgan fingerprint density at radius 1 is 0.926 bits per heavy atom. The number of ether oxygens (including phenoxy) is 1. The number of esters is 1. The first-order valence-corrected chi connectivity index (χ1v) is 9.16. The molecule has 0 saturated carbocycles. The molecule has 0 aliphatic rings. The van der Waals surface area contributed by atoms with Gasteiger partial charge in [0.1, 0.15) is 0 Å². The highest BCUT2D eigenvalue weighted by Crippen LogP contribution is 2.39. The second-order valence-electron chi connectivity index (χ2n) is 7.25. The summed E-state index contributed by atoms with van der Waals surface area (Å²) in [6.45, 7) is 6.70. The van der Waals surface area contributed by atoms with Gasteiger partial charge in [0.05, 0.1) is 12.7 Å². The van der Waals surface area contributed by atoms with E-state index in [1.165, 1.54) is 18.2 Å². The zero-order chi connectivity index (χ0) is 19.4. The zero-order valence-electron chi connectivity index (χ0n) is 16.3. The van der Waals surface area contributed by atoms with Crippen molar-refractivity contribution in [3.8, 4) is 11.1 Å². The Kier molecular flexibility index (Phi) is 5.41. The van der Waals surface area contributed by atoms with Crippen molar-refractivity contribution in [2.24, 2.45) is 5.92 Å². The number of hydrogen-bond donors (Lipinski definition) is 0. The molecule has 1 aromatic heterocycles. The van der Waals surface area contributed by atoms with Crippen molar-refractivity contribution < 1.29 is 9.53 Å². The van der Waals surface area contributed by atoms with Gasteiger partial charge in [0.25, 0.3) is 0 Å². The second-order valence-corrected chi connectivity index (χ2v) is 7.25. The summed E-state index contributed by atoms with van der Waals surface area (Å²) in [6, 6.07) is 20.4.